The van der Waals surface area contributed by atoms with Gasteiger partial charge in [-0.25, -0.2) is 0 Å². The standard InChI is InChI=1S/C22H26N2O2/c1-15-7-13-19(14-8-15)23-21(25)17-9-11-18(12-10-17)22(26)24-20-6-4-3-5-16(20)2/h3-8,13-14,17-18H,9-12H2,1-2H3,(H,23,25)(H,24,26). The molecule has 2 aromatic carbocycles. The molecule has 2 aromatic rings. The third-order valence-electron chi connectivity index (χ3n) is 5.19. The number of hydrogen-bond donors (Lipinski definition) is 2. The van der Waals surface area contributed by atoms with Gasteiger partial charge in [0, 0.05) is 23.2 Å². The summed E-state index contributed by atoms with van der Waals surface area (Å²) in [6.07, 6.45) is 3.01. The van der Waals surface area contributed by atoms with Gasteiger partial charge >= 0.3 is 0 Å². The predicted octanol–water partition coefficient (Wildman–Crippen LogP) is 4.69. The molecule has 0 radical (unpaired) electrons. The molecule has 0 aromatic heterocycles. The molecule has 26 heavy (non-hydrogen) atoms. The highest BCUT2D eigenvalue weighted by Gasteiger charge is 2.30. The number of para-hydroxylation sites is 1. The smallest absolute Gasteiger partial charge is 0.227 e. The van der Waals surface area contributed by atoms with E-state index in [-0.39, 0.29) is 23.7 Å². The second kappa shape index (κ2) is 8.17. The van der Waals surface area contributed by atoms with Crippen LogP contribution in [0.25, 0.3) is 0 Å². The third kappa shape index (κ3) is 4.51. The van der Waals surface area contributed by atoms with Crippen molar-refractivity contribution in [2.24, 2.45) is 11.8 Å². The van der Waals surface area contributed by atoms with E-state index >= 15 is 0 Å². The zero-order valence-corrected chi connectivity index (χ0v) is 15.4. The van der Waals surface area contributed by atoms with Crippen LogP contribution in [0.2, 0.25) is 0 Å². The summed E-state index contributed by atoms with van der Waals surface area (Å²) in [5.74, 6) is 0.0974. The number of nitrogens with one attached hydrogen (secondary N) is 2. The van der Waals surface area contributed by atoms with Gasteiger partial charge in [0.2, 0.25) is 11.8 Å². The van der Waals surface area contributed by atoms with Crippen molar-refractivity contribution in [3.8, 4) is 0 Å². The van der Waals surface area contributed by atoms with Gasteiger partial charge in [-0.05, 0) is 63.3 Å². The largest absolute Gasteiger partial charge is 0.326 e. The van der Waals surface area contributed by atoms with Crippen LogP contribution in [0.1, 0.15) is 36.8 Å². The Kier molecular flexibility index (Phi) is 5.71. The van der Waals surface area contributed by atoms with E-state index in [1.54, 1.807) is 0 Å². The zero-order valence-electron chi connectivity index (χ0n) is 15.4. The van der Waals surface area contributed by atoms with Crippen molar-refractivity contribution in [1.29, 1.82) is 0 Å². The van der Waals surface area contributed by atoms with Gasteiger partial charge in [-0.3, -0.25) is 9.59 Å². The quantitative estimate of drug-likeness (QED) is 0.840. The Morgan fingerprint density at radius 3 is 1.88 bits per heavy atom. The summed E-state index contributed by atoms with van der Waals surface area (Å²) >= 11 is 0. The molecule has 0 atom stereocenters. The fraction of sp³-hybridized carbons (Fsp3) is 0.364. The van der Waals surface area contributed by atoms with Crippen molar-refractivity contribution in [1.82, 2.24) is 0 Å². The Balaban J connectivity index is 1.50. The predicted molar refractivity (Wildman–Crippen MR) is 105 cm³/mol. The summed E-state index contributed by atoms with van der Waals surface area (Å²) in [7, 11) is 0. The van der Waals surface area contributed by atoms with Crippen molar-refractivity contribution in [2.45, 2.75) is 39.5 Å². The molecule has 0 heterocycles. The number of aryl methyl sites for hydroxylation is 2. The van der Waals surface area contributed by atoms with Gasteiger partial charge in [-0.1, -0.05) is 35.9 Å². The molecule has 4 nitrogen and oxygen atoms in total. The number of hydrogen-bond acceptors (Lipinski definition) is 2. The van der Waals surface area contributed by atoms with Gasteiger partial charge in [0.05, 0.1) is 0 Å². The summed E-state index contributed by atoms with van der Waals surface area (Å²) in [4.78, 5) is 25.0. The minimum atomic E-state index is -0.0157. The van der Waals surface area contributed by atoms with Gasteiger partial charge < -0.3 is 10.6 Å². The topological polar surface area (TPSA) is 58.2 Å². The highest BCUT2D eigenvalue weighted by atomic mass is 16.2. The van der Waals surface area contributed by atoms with Crippen molar-refractivity contribution >= 4 is 23.2 Å². The van der Waals surface area contributed by atoms with Gasteiger partial charge in [0.15, 0.2) is 0 Å². The first-order valence-corrected chi connectivity index (χ1v) is 9.27. The van der Waals surface area contributed by atoms with E-state index in [1.165, 1.54) is 5.56 Å². The molecule has 136 valence electrons. The van der Waals surface area contributed by atoms with Crippen LogP contribution >= 0.6 is 0 Å². The molecule has 0 saturated heterocycles. The monoisotopic (exact) mass is 350 g/mol. The van der Waals surface area contributed by atoms with Crippen LogP contribution in [0, 0.1) is 25.7 Å². The van der Waals surface area contributed by atoms with Gasteiger partial charge in [0.1, 0.15) is 0 Å². The first kappa shape index (κ1) is 18.2. The number of rotatable bonds is 4. The number of amides is 2. The van der Waals surface area contributed by atoms with E-state index in [0.29, 0.717) is 0 Å². The highest BCUT2D eigenvalue weighted by Crippen LogP contribution is 2.31. The summed E-state index contributed by atoms with van der Waals surface area (Å²) in [6, 6.07) is 15.6. The van der Waals surface area contributed by atoms with Crippen molar-refractivity contribution < 1.29 is 9.59 Å². The average Bonchev–Trinajstić information content (AvgIpc) is 2.65. The number of carbonyl (C=O) groups excluding carboxylic acids is 2. The molecule has 1 aliphatic rings. The fourth-order valence-electron chi connectivity index (χ4n) is 3.45. The lowest BCUT2D eigenvalue weighted by atomic mass is 9.81. The molecule has 1 aliphatic carbocycles. The lowest BCUT2D eigenvalue weighted by Crippen LogP contribution is -2.32. The Labute approximate surface area is 155 Å². The van der Waals surface area contributed by atoms with Gasteiger partial charge in [-0.2, -0.15) is 0 Å². The lowest BCUT2D eigenvalue weighted by Gasteiger charge is -2.27. The average molecular weight is 350 g/mol. The maximum absolute atomic E-state index is 12.5. The van der Waals surface area contributed by atoms with Gasteiger partial charge in [-0.15, -0.1) is 0 Å². The number of anilines is 2. The number of carbonyl (C=O) groups is 2. The van der Waals surface area contributed by atoms with Crippen LogP contribution in [0.4, 0.5) is 11.4 Å². The van der Waals surface area contributed by atoms with Gasteiger partial charge in [0.25, 0.3) is 0 Å². The Morgan fingerprint density at radius 2 is 1.31 bits per heavy atom. The second-order valence-corrected chi connectivity index (χ2v) is 7.21. The SMILES string of the molecule is Cc1ccc(NC(=O)C2CCC(C(=O)Nc3ccccc3C)CC2)cc1. The maximum Gasteiger partial charge on any atom is 0.227 e. The molecule has 0 unspecified atom stereocenters. The summed E-state index contributed by atoms with van der Waals surface area (Å²) < 4.78 is 0. The molecule has 0 spiro atoms. The fourth-order valence-corrected chi connectivity index (χ4v) is 3.45. The molecule has 2 N–H and O–H groups in total. The first-order chi connectivity index (χ1) is 12.5. The Hall–Kier alpha value is -2.62. The molecule has 0 bridgehead atoms. The molecule has 1 fully saturated rings. The van der Waals surface area contributed by atoms with Crippen molar-refractivity contribution in [2.75, 3.05) is 10.6 Å². The number of benzene rings is 2. The van der Waals surface area contributed by atoms with E-state index in [2.05, 4.69) is 10.6 Å². The third-order valence-corrected chi connectivity index (χ3v) is 5.19. The molecular formula is C22H26N2O2. The first-order valence-electron chi connectivity index (χ1n) is 9.27. The van der Waals surface area contributed by atoms with Crippen LogP contribution in [0.15, 0.2) is 48.5 Å². The molecule has 3 rings (SSSR count). The normalized spacial score (nSPS) is 19.6. The summed E-state index contributed by atoms with van der Waals surface area (Å²) in [5.41, 5.74) is 3.94. The maximum atomic E-state index is 12.5. The van der Waals surface area contributed by atoms with Crippen LogP contribution < -0.4 is 10.6 Å². The van der Waals surface area contributed by atoms with Crippen LogP contribution in [-0.4, -0.2) is 11.8 Å². The molecule has 4 heteroatoms. The minimum Gasteiger partial charge on any atom is -0.326 e. The summed E-state index contributed by atoms with van der Waals surface area (Å²) in [5, 5.41) is 6.02. The minimum absolute atomic E-state index is 0.0150. The van der Waals surface area contributed by atoms with E-state index in [4.69, 9.17) is 0 Å². The highest BCUT2D eigenvalue weighted by molar-refractivity contribution is 5.94. The van der Waals surface area contributed by atoms with E-state index in [0.717, 1.165) is 42.6 Å². The Morgan fingerprint density at radius 1 is 0.769 bits per heavy atom. The molecular weight excluding hydrogens is 324 g/mol. The molecule has 0 aliphatic heterocycles. The van der Waals surface area contributed by atoms with Crippen molar-refractivity contribution in [3.05, 3.63) is 59.7 Å². The van der Waals surface area contributed by atoms with E-state index in [9.17, 15) is 9.59 Å². The van der Waals surface area contributed by atoms with Crippen LogP contribution in [0.5, 0.6) is 0 Å². The van der Waals surface area contributed by atoms with Crippen LogP contribution in [-0.2, 0) is 9.59 Å². The van der Waals surface area contributed by atoms with E-state index < -0.39 is 0 Å². The van der Waals surface area contributed by atoms with E-state index in [1.807, 2.05) is 62.4 Å². The Bertz CT molecular complexity index is 775. The van der Waals surface area contributed by atoms with Crippen molar-refractivity contribution in [3.63, 3.8) is 0 Å². The summed E-state index contributed by atoms with van der Waals surface area (Å²) in [6.45, 7) is 4.01. The second-order valence-electron chi connectivity index (χ2n) is 7.21. The lowest BCUT2D eigenvalue weighted by molar-refractivity contribution is -0.125. The molecule has 2 amide bonds. The zero-order chi connectivity index (χ0) is 18.5. The van der Waals surface area contributed by atoms with Crippen LogP contribution in [0.3, 0.4) is 0 Å². The molecule has 1 saturated carbocycles.